The van der Waals surface area contributed by atoms with Crippen LogP contribution in [-0.4, -0.2) is 9.97 Å². The van der Waals surface area contributed by atoms with E-state index in [0.717, 1.165) is 21.7 Å². The number of aromatic amines is 1. The summed E-state index contributed by atoms with van der Waals surface area (Å²) in [5, 5.41) is 0. The summed E-state index contributed by atoms with van der Waals surface area (Å²) >= 11 is 3.37. The first kappa shape index (κ1) is 11.2. The number of ether oxygens (including phenoxy) is 1. The molecule has 0 radical (unpaired) electrons. The lowest BCUT2D eigenvalue weighted by Gasteiger charge is -2.03. The molecule has 0 aliphatic carbocycles. The van der Waals surface area contributed by atoms with E-state index >= 15 is 0 Å². The molecule has 1 aromatic carbocycles. The van der Waals surface area contributed by atoms with Gasteiger partial charge in [0.05, 0.1) is 0 Å². The molecule has 84 valence electrons. The van der Waals surface area contributed by atoms with Gasteiger partial charge in [0.15, 0.2) is 0 Å². The molecule has 0 saturated carbocycles. The summed E-state index contributed by atoms with van der Waals surface area (Å²) in [6.45, 7) is 0.882. The van der Waals surface area contributed by atoms with Gasteiger partial charge in [0.2, 0.25) is 0 Å². The summed E-state index contributed by atoms with van der Waals surface area (Å²) in [4.78, 5) is 7.22. The number of benzene rings is 1. The molecule has 3 N–H and O–H groups in total. The molecular weight excluding hydrogens is 270 g/mol. The van der Waals surface area contributed by atoms with E-state index in [1.54, 1.807) is 6.20 Å². The van der Waals surface area contributed by atoms with Gasteiger partial charge < -0.3 is 15.5 Å². The van der Waals surface area contributed by atoms with E-state index in [4.69, 9.17) is 10.5 Å². The normalized spacial score (nSPS) is 10.4. The Labute approximate surface area is 102 Å². The van der Waals surface area contributed by atoms with Crippen LogP contribution in [0.3, 0.4) is 0 Å². The Morgan fingerprint density at radius 2 is 2.06 bits per heavy atom. The summed E-state index contributed by atoms with van der Waals surface area (Å²) in [5.41, 5.74) is 6.38. The summed E-state index contributed by atoms with van der Waals surface area (Å²) in [7, 11) is 0. The van der Waals surface area contributed by atoms with Crippen molar-refractivity contribution in [2.24, 2.45) is 5.73 Å². The second kappa shape index (κ2) is 5.14. The van der Waals surface area contributed by atoms with Crippen molar-refractivity contribution in [3.05, 3.63) is 46.5 Å². The molecule has 0 bridgehead atoms. The average molecular weight is 282 g/mol. The summed E-state index contributed by atoms with van der Waals surface area (Å²) in [5.74, 6) is 1.59. The van der Waals surface area contributed by atoms with Crippen LogP contribution < -0.4 is 10.5 Å². The van der Waals surface area contributed by atoms with Gasteiger partial charge in [0.25, 0.3) is 0 Å². The Balaban J connectivity index is 1.94. The molecule has 2 aromatic rings. The lowest BCUT2D eigenvalue weighted by Crippen LogP contribution is -1.99. The number of nitrogens with one attached hydrogen (secondary N) is 1. The first-order valence-electron chi connectivity index (χ1n) is 4.89. The van der Waals surface area contributed by atoms with Gasteiger partial charge in [-0.25, -0.2) is 4.98 Å². The molecule has 1 heterocycles. The number of hydrogen-bond acceptors (Lipinski definition) is 3. The molecule has 16 heavy (non-hydrogen) atoms. The Morgan fingerprint density at radius 3 is 2.69 bits per heavy atom. The number of rotatable bonds is 4. The van der Waals surface area contributed by atoms with E-state index in [0.29, 0.717) is 13.2 Å². The molecule has 0 unspecified atom stereocenters. The fourth-order valence-corrected chi connectivity index (χ4v) is 1.53. The van der Waals surface area contributed by atoms with Gasteiger partial charge in [-0.2, -0.15) is 0 Å². The number of hydrogen-bond donors (Lipinski definition) is 2. The highest BCUT2D eigenvalue weighted by molar-refractivity contribution is 9.10. The zero-order valence-electron chi connectivity index (χ0n) is 8.61. The van der Waals surface area contributed by atoms with Crippen LogP contribution >= 0.6 is 15.9 Å². The number of nitrogens with two attached hydrogens (primary N) is 1. The Kier molecular flexibility index (Phi) is 3.58. The van der Waals surface area contributed by atoms with E-state index in [9.17, 15) is 0 Å². The van der Waals surface area contributed by atoms with Crippen molar-refractivity contribution < 1.29 is 4.74 Å². The second-order valence-corrected chi connectivity index (χ2v) is 4.22. The van der Waals surface area contributed by atoms with Crippen LogP contribution in [-0.2, 0) is 13.2 Å². The second-order valence-electron chi connectivity index (χ2n) is 3.30. The third-order valence-electron chi connectivity index (χ3n) is 2.09. The number of nitrogens with zero attached hydrogens (tertiary/aromatic N) is 1. The van der Waals surface area contributed by atoms with Gasteiger partial charge in [0.1, 0.15) is 18.2 Å². The first-order valence-corrected chi connectivity index (χ1v) is 5.68. The van der Waals surface area contributed by atoms with Crippen LogP contribution in [0.2, 0.25) is 0 Å². The van der Waals surface area contributed by atoms with Gasteiger partial charge in [-0.3, -0.25) is 0 Å². The summed E-state index contributed by atoms with van der Waals surface area (Å²) < 4.78 is 6.58. The van der Waals surface area contributed by atoms with Crippen LogP contribution in [0.15, 0.2) is 34.9 Å². The van der Waals surface area contributed by atoms with Crippen LogP contribution in [0.25, 0.3) is 0 Å². The van der Waals surface area contributed by atoms with Crippen molar-refractivity contribution in [2.75, 3.05) is 0 Å². The predicted molar refractivity (Wildman–Crippen MR) is 65.0 cm³/mol. The van der Waals surface area contributed by atoms with Crippen LogP contribution in [0.1, 0.15) is 11.5 Å². The van der Waals surface area contributed by atoms with Crippen molar-refractivity contribution in [3.63, 3.8) is 0 Å². The highest BCUT2D eigenvalue weighted by atomic mass is 79.9. The quantitative estimate of drug-likeness (QED) is 0.903. The highest BCUT2D eigenvalue weighted by Gasteiger charge is 2.00. The van der Waals surface area contributed by atoms with E-state index in [1.165, 1.54) is 0 Å². The molecule has 5 heteroatoms. The third-order valence-corrected chi connectivity index (χ3v) is 2.62. The maximum Gasteiger partial charge on any atom is 0.146 e. The number of imidazole rings is 1. The number of aromatic nitrogens is 2. The van der Waals surface area contributed by atoms with Gasteiger partial charge in [-0.05, 0) is 24.3 Å². The van der Waals surface area contributed by atoms with Crippen molar-refractivity contribution in [3.8, 4) is 5.75 Å². The van der Waals surface area contributed by atoms with E-state index in [-0.39, 0.29) is 0 Å². The Hall–Kier alpha value is -1.33. The van der Waals surface area contributed by atoms with Crippen molar-refractivity contribution in [1.82, 2.24) is 9.97 Å². The molecule has 0 spiro atoms. The Morgan fingerprint density at radius 1 is 1.31 bits per heavy atom. The van der Waals surface area contributed by atoms with Crippen LogP contribution in [0.5, 0.6) is 5.75 Å². The fourth-order valence-electron chi connectivity index (χ4n) is 1.27. The predicted octanol–water partition coefficient (Wildman–Crippen LogP) is 2.21. The van der Waals surface area contributed by atoms with Crippen LogP contribution in [0, 0.1) is 0 Å². The molecule has 0 saturated heterocycles. The van der Waals surface area contributed by atoms with Gasteiger partial charge in [-0.1, -0.05) is 15.9 Å². The zero-order chi connectivity index (χ0) is 11.4. The summed E-state index contributed by atoms with van der Waals surface area (Å²) in [6, 6.07) is 7.67. The molecule has 2 rings (SSSR count). The minimum Gasteiger partial charge on any atom is -0.486 e. The smallest absolute Gasteiger partial charge is 0.146 e. The van der Waals surface area contributed by atoms with Crippen molar-refractivity contribution in [1.29, 1.82) is 0 Å². The van der Waals surface area contributed by atoms with E-state index in [2.05, 4.69) is 25.9 Å². The van der Waals surface area contributed by atoms with Crippen LogP contribution in [0.4, 0.5) is 0 Å². The average Bonchev–Trinajstić information content (AvgIpc) is 2.76. The molecule has 0 aliphatic heterocycles. The minimum absolute atomic E-state index is 0.418. The number of H-pyrrole nitrogens is 1. The monoisotopic (exact) mass is 281 g/mol. The van der Waals surface area contributed by atoms with Crippen molar-refractivity contribution in [2.45, 2.75) is 13.2 Å². The van der Waals surface area contributed by atoms with E-state index < -0.39 is 0 Å². The maximum atomic E-state index is 5.55. The lowest BCUT2D eigenvalue weighted by atomic mass is 10.3. The summed E-state index contributed by atoms with van der Waals surface area (Å²) in [6.07, 6.45) is 1.72. The van der Waals surface area contributed by atoms with Crippen molar-refractivity contribution >= 4 is 15.9 Å². The molecule has 0 amide bonds. The third kappa shape index (κ3) is 2.84. The van der Waals surface area contributed by atoms with Gasteiger partial charge in [-0.15, -0.1) is 0 Å². The Bertz CT molecular complexity index is 453. The maximum absolute atomic E-state index is 5.55. The largest absolute Gasteiger partial charge is 0.486 e. The fraction of sp³-hybridized carbons (Fsp3) is 0.182. The SMILES string of the molecule is NCc1cnc(COc2ccc(Br)cc2)[nH]1. The molecule has 1 aromatic heterocycles. The molecule has 0 atom stereocenters. The zero-order valence-corrected chi connectivity index (χ0v) is 10.2. The highest BCUT2D eigenvalue weighted by Crippen LogP contribution is 2.16. The molecule has 0 aliphatic rings. The molecular formula is C11H12BrN3O. The molecule has 0 fully saturated rings. The van der Waals surface area contributed by atoms with Gasteiger partial charge in [0, 0.05) is 22.9 Å². The first-order chi connectivity index (χ1) is 7.78. The standard InChI is InChI=1S/C11H12BrN3O/c12-8-1-3-10(4-2-8)16-7-11-14-6-9(5-13)15-11/h1-4,6H,5,7,13H2,(H,14,15). The molecule has 4 nitrogen and oxygen atoms in total. The number of halogens is 1. The van der Waals surface area contributed by atoms with Gasteiger partial charge >= 0.3 is 0 Å². The lowest BCUT2D eigenvalue weighted by molar-refractivity contribution is 0.297. The minimum atomic E-state index is 0.418. The topological polar surface area (TPSA) is 63.9 Å². The van der Waals surface area contributed by atoms with E-state index in [1.807, 2.05) is 24.3 Å².